The number of benzene rings is 2. The van der Waals surface area contributed by atoms with Crippen LogP contribution in [0.4, 0.5) is 0 Å². The second-order valence-electron chi connectivity index (χ2n) is 5.68. The second-order valence-corrected chi connectivity index (χ2v) is 6.60. The fraction of sp³-hybridized carbons (Fsp3) is 0.278. The van der Waals surface area contributed by atoms with Gasteiger partial charge in [0.25, 0.3) is 5.91 Å². The third-order valence-corrected chi connectivity index (χ3v) is 3.86. The van der Waals surface area contributed by atoms with Gasteiger partial charge in [-0.1, -0.05) is 46.3 Å². The van der Waals surface area contributed by atoms with Gasteiger partial charge < -0.3 is 15.0 Å². The molecule has 4 nitrogen and oxygen atoms in total. The molecule has 0 aromatic heterocycles. The Labute approximate surface area is 145 Å². The van der Waals surface area contributed by atoms with Crippen LogP contribution in [0.1, 0.15) is 11.6 Å². The summed E-state index contributed by atoms with van der Waals surface area (Å²) in [6.45, 7) is 0.821. The number of quaternary nitrogens is 1. The van der Waals surface area contributed by atoms with E-state index < -0.39 is 0 Å². The van der Waals surface area contributed by atoms with E-state index in [2.05, 4.69) is 35.3 Å². The van der Waals surface area contributed by atoms with Crippen molar-refractivity contribution in [1.82, 2.24) is 5.32 Å². The fourth-order valence-corrected chi connectivity index (χ4v) is 2.53. The molecule has 0 aliphatic rings. The molecule has 23 heavy (non-hydrogen) atoms. The Morgan fingerprint density at radius 1 is 1.13 bits per heavy atom. The van der Waals surface area contributed by atoms with Gasteiger partial charge in [-0.3, -0.25) is 4.79 Å². The van der Waals surface area contributed by atoms with E-state index in [-0.39, 0.29) is 18.6 Å². The highest BCUT2D eigenvalue weighted by Gasteiger charge is 2.17. The number of hydrogen-bond acceptors (Lipinski definition) is 2. The molecule has 0 aliphatic heterocycles. The zero-order chi connectivity index (χ0) is 16.7. The lowest BCUT2D eigenvalue weighted by atomic mass is 10.1. The van der Waals surface area contributed by atoms with Crippen molar-refractivity contribution in [3.63, 3.8) is 0 Å². The highest BCUT2D eigenvalue weighted by Crippen LogP contribution is 2.16. The SMILES string of the molecule is C[NH+](C)C[C@H](NC(=O)COc1ccc(Br)cc1)c1ccccc1. The van der Waals surface area contributed by atoms with Crippen molar-refractivity contribution in [2.24, 2.45) is 0 Å². The van der Waals surface area contributed by atoms with Crippen molar-refractivity contribution < 1.29 is 14.4 Å². The molecule has 0 unspecified atom stereocenters. The van der Waals surface area contributed by atoms with Crippen LogP contribution in [0.5, 0.6) is 5.75 Å². The van der Waals surface area contributed by atoms with Crippen LogP contribution < -0.4 is 15.0 Å². The van der Waals surface area contributed by atoms with Gasteiger partial charge in [-0.05, 0) is 29.8 Å². The molecule has 0 aliphatic carbocycles. The standard InChI is InChI=1S/C18H21BrN2O2/c1-21(2)12-17(14-6-4-3-5-7-14)20-18(22)13-23-16-10-8-15(19)9-11-16/h3-11,17H,12-13H2,1-2H3,(H,20,22)/p+1/t17-/m0/s1. The highest BCUT2D eigenvalue weighted by molar-refractivity contribution is 9.10. The lowest BCUT2D eigenvalue weighted by molar-refractivity contribution is -0.860. The monoisotopic (exact) mass is 377 g/mol. The summed E-state index contributed by atoms with van der Waals surface area (Å²) in [5.41, 5.74) is 1.10. The first-order valence-corrected chi connectivity index (χ1v) is 8.35. The van der Waals surface area contributed by atoms with Crippen LogP contribution in [-0.2, 0) is 4.79 Å². The predicted molar refractivity (Wildman–Crippen MR) is 94.6 cm³/mol. The maximum Gasteiger partial charge on any atom is 0.258 e. The van der Waals surface area contributed by atoms with Crippen LogP contribution in [0.2, 0.25) is 0 Å². The van der Waals surface area contributed by atoms with E-state index in [4.69, 9.17) is 4.74 Å². The van der Waals surface area contributed by atoms with Crippen LogP contribution in [0.15, 0.2) is 59.1 Å². The number of amides is 1. The maximum atomic E-state index is 12.2. The Balaban J connectivity index is 1.93. The van der Waals surface area contributed by atoms with Crippen LogP contribution >= 0.6 is 15.9 Å². The minimum absolute atomic E-state index is 0.00767. The van der Waals surface area contributed by atoms with Gasteiger partial charge in [0.2, 0.25) is 0 Å². The van der Waals surface area contributed by atoms with E-state index in [1.54, 1.807) is 0 Å². The van der Waals surface area contributed by atoms with Crippen LogP contribution in [0.3, 0.4) is 0 Å². The number of rotatable bonds is 7. The van der Waals surface area contributed by atoms with Crippen LogP contribution in [-0.4, -0.2) is 33.2 Å². The third kappa shape index (κ3) is 6.04. The van der Waals surface area contributed by atoms with E-state index >= 15 is 0 Å². The zero-order valence-electron chi connectivity index (χ0n) is 13.4. The molecule has 0 saturated carbocycles. The van der Waals surface area contributed by atoms with E-state index in [0.29, 0.717) is 5.75 Å². The molecule has 0 radical (unpaired) electrons. The number of nitrogens with one attached hydrogen (secondary N) is 2. The van der Waals surface area contributed by atoms with Crippen molar-refractivity contribution in [1.29, 1.82) is 0 Å². The van der Waals surface area contributed by atoms with E-state index in [0.717, 1.165) is 16.6 Å². The topological polar surface area (TPSA) is 42.8 Å². The molecule has 5 heteroatoms. The number of halogens is 1. The lowest BCUT2D eigenvalue weighted by Crippen LogP contribution is -3.06. The molecule has 1 amide bonds. The average Bonchev–Trinajstić information content (AvgIpc) is 2.54. The van der Waals surface area contributed by atoms with Crippen molar-refractivity contribution in [3.05, 3.63) is 64.6 Å². The van der Waals surface area contributed by atoms with Gasteiger partial charge in [0.05, 0.1) is 14.1 Å². The lowest BCUT2D eigenvalue weighted by Gasteiger charge is -2.21. The first kappa shape index (κ1) is 17.5. The van der Waals surface area contributed by atoms with Gasteiger partial charge >= 0.3 is 0 Å². The van der Waals surface area contributed by atoms with Crippen LogP contribution in [0.25, 0.3) is 0 Å². The van der Waals surface area contributed by atoms with Gasteiger partial charge in [0, 0.05) is 4.47 Å². The first-order valence-electron chi connectivity index (χ1n) is 7.56. The van der Waals surface area contributed by atoms with Crippen molar-refractivity contribution >= 4 is 21.8 Å². The molecule has 2 rings (SSSR count). The molecular formula is C18H22BrN2O2+. The van der Waals surface area contributed by atoms with Crippen molar-refractivity contribution in [3.8, 4) is 5.75 Å². The average molecular weight is 378 g/mol. The van der Waals surface area contributed by atoms with Gasteiger partial charge in [-0.15, -0.1) is 0 Å². The summed E-state index contributed by atoms with van der Waals surface area (Å²) < 4.78 is 6.50. The van der Waals surface area contributed by atoms with Crippen LogP contribution in [0, 0.1) is 0 Å². The normalized spacial score (nSPS) is 12.0. The van der Waals surface area contributed by atoms with Crippen molar-refractivity contribution in [2.75, 3.05) is 27.2 Å². The quantitative estimate of drug-likeness (QED) is 0.772. The Morgan fingerprint density at radius 2 is 1.78 bits per heavy atom. The van der Waals surface area contributed by atoms with E-state index in [1.807, 2.05) is 54.6 Å². The van der Waals surface area contributed by atoms with E-state index in [1.165, 1.54) is 4.90 Å². The van der Waals surface area contributed by atoms with Gasteiger partial charge in [-0.2, -0.15) is 0 Å². The number of carbonyl (C=O) groups excluding carboxylic acids is 1. The highest BCUT2D eigenvalue weighted by atomic mass is 79.9. The summed E-state index contributed by atoms with van der Waals surface area (Å²) in [5, 5.41) is 3.05. The Kier molecular flexibility index (Phi) is 6.62. The predicted octanol–water partition coefficient (Wildman–Crippen LogP) is 1.83. The minimum atomic E-state index is -0.122. The molecule has 0 saturated heterocycles. The Morgan fingerprint density at radius 3 is 2.39 bits per heavy atom. The number of ether oxygens (including phenoxy) is 1. The van der Waals surface area contributed by atoms with Crippen molar-refractivity contribution in [2.45, 2.75) is 6.04 Å². The number of carbonyl (C=O) groups is 1. The van der Waals surface area contributed by atoms with E-state index in [9.17, 15) is 4.79 Å². The summed E-state index contributed by atoms with van der Waals surface area (Å²) in [7, 11) is 4.14. The molecular weight excluding hydrogens is 356 g/mol. The fourth-order valence-electron chi connectivity index (χ4n) is 2.26. The Hall–Kier alpha value is -1.85. The molecule has 2 N–H and O–H groups in total. The largest absolute Gasteiger partial charge is 0.484 e. The molecule has 2 aromatic rings. The first-order chi connectivity index (χ1) is 11.0. The Bertz CT molecular complexity index is 615. The molecule has 2 aromatic carbocycles. The number of hydrogen-bond donors (Lipinski definition) is 2. The van der Waals surface area contributed by atoms with Gasteiger partial charge in [-0.25, -0.2) is 0 Å². The smallest absolute Gasteiger partial charge is 0.258 e. The summed E-state index contributed by atoms with van der Waals surface area (Å²) in [4.78, 5) is 13.5. The summed E-state index contributed by atoms with van der Waals surface area (Å²) >= 11 is 3.37. The number of likely N-dealkylation sites (N-methyl/N-ethyl adjacent to an activating group) is 1. The molecule has 0 spiro atoms. The summed E-state index contributed by atoms with van der Waals surface area (Å²) in [5.74, 6) is 0.556. The summed E-state index contributed by atoms with van der Waals surface area (Å²) in [6, 6.07) is 17.4. The van der Waals surface area contributed by atoms with Gasteiger partial charge in [0.15, 0.2) is 6.61 Å². The zero-order valence-corrected chi connectivity index (χ0v) is 15.0. The molecule has 0 bridgehead atoms. The third-order valence-electron chi connectivity index (χ3n) is 3.33. The minimum Gasteiger partial charge on any atom is -0.484 e. The second kappa shape index (κ2) is 8.70. The molecule has 122 valence electrons. The van der Waals surface area contributed by atoms with Gasteiger partial charge in [0.1, 0.15) is 18.3 Å². The summed E-state index contributed by atoms with van der Waals surface area (Å²) in [6.07, 6.45) is 0. The molecule has 0 fully saturated rings. The molecule has 0 heterocycles. The molecule has 1 atom stereocenters. The maximum absolute atomic E-state index is 12.2.